The second kappa shape index (κ2) is 2.90. The van der Waals surface area contributed by atoms with Gasteiger partial charge >= 0.3 is 6.16 Å². The second-order valence-electron chi connectivity index (χ2n) is 2.55. The predicted molar refractivity (Wildman–Crippen MR) is 35.7 cm³/mol. The van der Waals surface area contributed by atoms with Crippen LogP contribution in [0.3, 0.4) is 0 Å². The van der Waals surface area contributed by atoms with Crippen LogP contribution >= 0.6 is 0 Å². The van der Waals surface area contributed by atoms with E-state index in [9.17, 15) is 4.79 Å². The van der Waals surface area contributed by atoms with Gasteiger partial charge in [0.25, 0.3) is 0 Å². The van der Waals surface area contributed by atoms with E-state index in [1.807, 2.05) is 6.92 Å². The van der Waals surface area contributed by atoms with Crippen molar-refractivity contribution in [3.8, 4) is 0 Å². The average molecular weight is 144 g/mol. The van der Waals surface area contributed by atoms with Gasteiger partial charge in [0.1, 0.15) is 12.7 Å². The van der Waals surface area contributed by atoms with Crippen molar-refractivity contribution < 1.29 is 14.3 Å². The fraction of sp³-hybridized carbons (Fsp3) is 0.857. The SMILES string of the molecule is CCC1COC(=O)OC1C. The molecule has 0 spiro atoms. The van der Waals surface area contributed by atoms with Crippen LogP contribution in [0.15, 0.2) is 0 Å². The third kappa shape index (κ3) is 1.40. The van der Waals surface area contributed by atoms with Crippen LogP contribution in [-0.2, 0) is 9.47 Å². The van der Waals surface area contributed by atoms with E-state index >= 15 is 0 Å². The summed E-state index contributed by atoms with van der Waals surface area (Å²) in [5.74, 6) is 0.373. The summed E-state index contributed by atoms with van der Waals surface area (Å²) >= 11 is 0. The Morgan fingerprint density at radius 1 is 1.70 bits per heavy atom. The van der Waals surface area contributed by atoms with Crippen molar-refractivity contribution >= 4 is 6.16 Å². The van der Waals surface area contributed by atoms with Crippen molar-refractivity contribution in [2.45, 2.75) is 26.4 Å². The Bertz CT molecular complexity index is 133. The maximum atomic E-state index is 10.5. The lowest BCUT2D eigenvalue weighted by atomic mass is 10.0. The Morgan fingerprint density at radius 3 is 2.90 bits per heavy atom. The molecule has 1 fully saturated rings. The number of carbonyl (C=O) groups is 1. The van der Waals surface area contributed by atoms with E-state index < -0.39 is 6.16 Å². The Kier molecular flexibility index (Phi) is 2.14. The Morgan fingerprint density at radius 2 is 2.40 bits per heavy atom. The van der Waals surface area contributed by atoms with Crippen molar-refractivity contribution in [3.05, 3.63) is 0 Å². The molecule has 0 bridgehead atoms. The van der Waals surface area contributed by atoms with E-state index in [-0.39, 0.29) is 6.10 Å². The summed E-state index contributed by atoms with van der Waals surface area (Å²) < 4.78 is 9.52. The molecule has 0 aliphatic carbocycles. The number of hydrogen-bond acceptors (Lipinski definition) is 3. The third-order valence-electron chi connectivity index (χ3n) is 1.89. The molecule has 3 heteroatoms. The lowest BCUT2D eigenvalue weighted by Crippen LogP contribution is -2.34. The zero-order valence-corrected chi connectivity index (χ0v) is 6.29. The number of cyclic esters (lactones) is 2. The molecule has 0 aromatic carbocycles. The summed E-state index contributed by atoms with van der Waals surface area (Å²) in [5, 5.41) is 0. The van der Waals surface area contributed by atoms with Gasteiger partial charge in [-0.3, -0.25) is 0 Å². The quantitative estimate of drug-likeness (QED) is 0.524. The molecule has 3 nitrogen and oxygen atoms in total. The van der Waals surface area contributed by atoms with Gasteiger partial charge in [-0.1, -0.05) is 6.92 Å². The van der Waals surface area contributed by atoms with Gasteiger partial charge < -0.3 is 9.47 Å². The average Bonchev–Trinajstić information content (AvgIpc) is 1.88. The minimum Gasteiger partial charge on any atom is -0.434 e. The molecule has 1 aliphatic rings. The van der Waals surface area contributed by atoms with Gasteiger partial charge in [-0.15, -0.1) is 0 Å². The van der Waals surface area contributed by atoms with Crippen molar-refractivity contribution in [1.29, 1.82) is 0 Å². The Balaban J connectivity index is 2.43. The standard InChI is InChI=1S/C7H12O3/c1-3-6-4-9-7(8)10-5(6)2/h5-6H,3-4H2,1-2H3. The van der Waals surface area contributed by atoms with Crippen LogP contribution in [0, 0.1) is 5.92 Å². The monoisotopic (exact) mass is 144 g/mol. The highest BCUT2D eigenvalue weighted by Crippen LogP contribution is 2.17. The van der Waals surface area contributed by atoms with Gasteiger partial charge in [-0.25, -0.2) is 4.79 Å². The summed E-state index contributed by atoms with van der Waals surface area (Å²) in [5.41, 5.74) is 0. The topological polar surface area (TPSA) is 35.5 Å². The summed E-state index contributed by atoms with van der Waals surface area (Å²) in [6.45, 7) is 4.47. The van der Waals surface area contributed by atoms with Crippen LogP contribution in [0.4, 0.5) is 4.79 Å². The smallest absolute Gasteiger partial charge is 0.434 e. The Labute approximate surface area is 60.3 Å². The van der Waals surface area contributed by atoms with E-state index in [0.717, 1.165) is 6.42 Å². The molecule has 1 saturated heterocycles. The molecule has 58 valence electrons. The van der Waals surface area contributed by atoms with Crippen molar-refractivity contribution in [1.82, 2.24) is 0 Å². The van der Waals surface area contributed by atoms with E-state index in [2.05, 4.69) is 6.92 Å². The molecule has 0 aromatic rings. The minimum atomic E-state index is -0.530. The predicted octanol–water partition coefficient (Wildman–Crippen LogP) is 1.57. The zero-order chi connectivity index (χ0) is 7.56. The number of rotatable bonds is 1. The maximum absolute atomic E-state index is 10.5. The molecule has 0 N–H and O–H groups in total. The lowest BCUT2D eigenvalue weighted by Gasteiger charge is -2.26. The van der Waals surface area contributed by atoms with E-state index in [4.69, 9.17) is 9.47 Å². The van der Waals surface area contributed by atoms with E-state index in [1.54, 1.807) is 0 Å². The third-order valence-corrected chi connectivity index (χ3v) is 1.89. The molecule has 0 saturated carbocycles. The molecule has 0 amide bonds. The maximum Gasteiger partial charge on any atom is 0.508 e. The summed E-state index contributed by atoms with van der Waals surface area (Å²) in [6, 6.07) is 0. The van der Waals surface area contributed by atoms with E-state index in [1.165, 1.54) is 0 Å². The van der Waals surface area contributed by atoms with Crippen LogP contribution in [0.2, 0.25) is 0 Å². The molecular formula is C7H12O3. The fourth-order valence-electron chi connectivity index (χ4n) is 1.04. The van der Waals surface area contributed by atoms with Crippen LogP contribution in [0.5, 0.6) is 0 Å². The normalized spacial score (nSPS) is 32.8. The zero-order valence-electron chi connectivity index (χ0n) is 6.29. The van der Waals surface area contributed by atoms with Gasteiger partial charge in [-0.2, -0.15) is 0 Å². The minimum absolute atomic E-state index is 0.0197. The molecule has 2 atom stereocenters. The van der Waals surface area contributed by atoms with Crippen LogP contribution < -0.4 is 0 Å². The molecule has 0 radical (unpaired) electrons. The van der Waals surface area contributed by atoms with Crippen LogP contribution in [-0.4, -0.2) is 18.9 Å². The molecule has 10 heavy (non-hydrogen) atoms. The van der Waals surface area contributed by atoms with Crippen LogP contribution in [0.1, 0.15) is 20.3 Å². The number of carbonyl (C=O) groups excluding carboxylic acids is 1. The van der Waals surface area contributed by atoms with Crippen molar-refractivity contribution in [2.24, 2.45) is 5.92 Å². The van der Waals surface area contributed by atoms with Gasteiger partial charge in [0.2, 0.25) is 0 Å². The molecule has 1 heterocycles. The molecule has 1 aliphatic heterocycles. The highest BCUT2D eigenvalue weighted by molar-refractivity contribution is 5.60. The first-order valence-corrected chi connectivity index (χ1v) is 3.57. The van der Waals surface area contributed by atoms with Crippen molar-refractivity contribution in [3.63, 3.8) is 0 Å². The highest BCUT2D eigenvalue weighted by Gasteiger charge is 2.26. The summed E-state index contributed by atoms with van der Waals surface area (Å²) in [4.78, 5) is 10.5. The Hall–Kier alpha value is -0.730. The van der Waals surface area contributed by atoms with Gasteiger partial charge in [0, 0.05) is 5.92 Å². The van der Waals surface area contributed by atoms with E-state index in [0.29, 0.717) is 12.5 Å². The lowest BCUT2D eigenvalue weighted by molar-refractivity contribution is -0.0521. The van der Waals surface area contributed by atoms with Gasteiger partial charge in [-0.05, 0) is 13.3 Å². The number of hydrogen-bond donors (Lipinski definition) is 0. The molecular weight excluding hydrogens is 132 g/mol. The first-order valence-electron chi connectivity index (χ1n) is 3.57. The fourth-order valence-corrected chi connectivity index (χ4v) is 1.04. The van der Waals surface area contributed by atoms with Crippen LogP contribution in [0.25, 0.3) is 0 Å². The first-order chi connectivity index (χ1) is 4.74. The summed E-state index contributed by atoms with van der Waals surface area (Å²) in [7, 11) is 0. The molecule has 2 unspecified atom stereocenters. The largest absolute Gasteiger partial charge is 0.508 e. The molecule has 1 rings (SSSR count). The first kappa shape index (κ1) is 7.38. The van der Waals surface area contributed by atoms with Crippen molar-refractivity contribution in [2.75, 3.05) is 6.61 Å². The second-order valence-corrected chi connectivity index (χ2v) is 2.55. The van der Waals surface area contributed by atoms with Gasteiger partial charge in [0.15, 0.2) is 0 Å². The number of ether oxygens (including phenoxy) is 2. The summed E-state index contributed by atoms with van der Waals surface area (Å²) in [6.07, 6.45) is 0.484. The van der Waals surface area contributed by atoms with Gasteiger partial charge in [0.05, 0.1) is 0 Å². The molecule has 0 aromatic heterocycles. The highest BCUT2D eigenvalue weighted by atomic mass is 16.7.